The van der Waals surface area contributed by atoms with Crippen molar-refractivity contribution >= 4 is 29.2 Å². The number of nitro groups is 1. The van der Waals surface area contributed by atoms with Crippen molar-refractivity contribution in [3.8, 4) is 0 Å². The number of carbonyl (C=O) groups excluding carboxylic acids is 2. The van der Waals surface area contributed by atoms with Gasteiger partial charge in [-0.15, -0.1) is 0 Å². The molecule has 1 aromatic rings. The van der Waals surface area contributed by atoms with Crippen LogP contribution in [0.2, 0.25) is 0 Å². The van der Waals surface area contributed by atoms with Crippen molar-refractivity contribution in [1.29, 1.82) is 0 Å². The average Bonchev–Trinajstić information content (AvgIpc) is 2.70. The van der Waals surface area contributed by atoms with Gasteiger partial charge in [-0.05, 0) is 25.3 Å². The van der Waals surface area contributed by atoms with E-state index < -0.39 is 46.6 Å². The maximum Gasteiger partial charge on any atom is 0.326 e. The van der Waals surface area contributed by atoms with Gasteiger partial charge in [-0.3, -0.25) is 24.7 Å². The number of hydrogen-bond donors (Lipinski definition) is 2. The highest BCUT2D eigenvalue weighted by atomic mass is 16.6. The standard InChI is InChI=1S/C21H25N3O7/c1-10(2)18(20(26)27)23-19(25)15-11(3)22-12(4)16(21(28)31-5)17(15)13-7-6-8-14(9-13)24(29)30/h6-10,16-18H,1-5H3,(H,23,25)(H,26,27). The number of hydrogen-bond acceptors (Lipinski definition) is 7. The van der Waals surface area contributed by atoms with E-state index in [0.717, 1.165) is 0 Å². The fourth-order valence-electron chi connectivity index (χ4n) is 3.69. The molecule has 0 bridgehead atoms. The van der Waals surface area contributed by atoms with Gasteiger partial charge in [-0.25, -0.2) is 4.79 Å². The van der Waals surface area contributed by atoms with Crippen LogP contribution in [0.15, 0.2) is 40.5 Å². The van der Waals surface area contributed by atoms with E-state index >= 15 is 0 Å². The number of aliphatic imine (C=N–C) groups is 1. The summed E-state index contributed by atoms with van der Waals surface area (Å²) in [6.45, 7) is 6.48. The van der Waals surface area contributed by atoms with Crippen molar-refractivity contribution in [3.63, 3.8) is 0 Å². The second kappa shape index (κ2) is 9.50. The van der Waals surface area contributed by atoms with Crippen molar-refractivity contribution in [2.75, 3.05) is 7.11 Å². The monoisotopic (exact) mass is 431 g/mol. The van der Waals surface area contributed by atoms with Crippen LogP contribution in [0, 0.1) is 22.0 Å². The molecule has 2 rings (SSSR count). The quantitative estimate of drug-likeness (QED) is 0.383. The minimum Gasteiger partial charge on any atom is -0.480 e. The maximum absolute atomic E-state index is 13.2. The van der Waals surface area contributed by atoms with Crippen LogP contribution in [0.25, 0.3) is 0 Å². The lowest BCUT2D eigenvalue weighted by Crippen LogP contribution is -2.47. The van der Waals surface area contributed by atoms with Crippen LogP contribution in [0.3, 0.4) is 0 Å². The number of benzene rings is 1. The lowest BCUT2D eigenvalue weighted by Gasteiger charge is -2.32. The molecule has 1 heterocycles. The van der Waals surface area contributed by atoms with Gasteiger partial charge in [-0.2, -0.15) is 0 Å². The summed E-state index contributed by atoms with van der Waals surface area (Å²) in [5.41, 5.74) is 0.882. The summed E-state index contributed by atoms with van der Waals surface area (Å²) >= 11 is 0. The number of nitrogens with one attached hydrogen (secondary N) is 1. The second-order valence-electron chi connectivity index (χ2n) is 7.62. The fourth-order valence-corrected chi connectivity index (χ4v) is 3.69. The number of non-ortho nitro benzene ring substituents is 1. The van der Waals surface area contributed by atoms with Crippen molar-refractivity contribution < 1.29 is 29.2 Å². The van der Waals surface area contributed by atoms with Gasteiger partial charge in [-0.1, -0.05) is 26.0 Å². The van der Waals surface area contributed by atoms with Crippen molar-refractivity contribution in [2.24, 2.45) is 16.8 Å². The van der Waals surface area contributed by atoms with Crippen molar-refractivity contribution in [3.05, 3.63) is 51.2 Å². The molecule has 1 aliphatic heterocycles. The predicted molar refractivity (Wildman–Crippen MR) is 112 cm³/mol. The Kier molecular flexibility index (Phi) is 7.27. The van der Waals surface area contributed by atoms with Gasteiger partial charge in [0.25, 0.3) is 5.69 Å². The first kappa shape index (κ1) is 23.7. The summed E-state index contributed by atoms with van der Waals surface area (Å²) in [5.74, 6) is -4.91. The largest absolute Gasteiger partial charge is 0.480 e. The number of methoxy groups -OCH3 is 1. The molecule has 31 heavy (non-hydrogen) atoms. The molecule has 1 aliphatic rings. The van der Waals surface area contributed by atoms with Gasteiger partial charge >= 0.3 is 11.9 Å². The first-order valence-corrected chi connectivity index (χ1v) is 9.61. The number of nitro benzene ring substituents is 1. The first-order valence-electron chi connectivity index (χ1n) is 9.61. The number of carbonyl (C=O) groups is 3. The topological polar surface area (TPSA) is 148 Å². The highest BCUT2D eigenvalue weighted by Gasteiger charge is 2.42. The average molecular weight is 431 g/mol. The molecule has 1 amide bonds. The summed E-state index contributed by atoms with van der Waals surface area (Å²) in [6, 6.07) is 4.46. The molecule has 0 aliphatic carbocycles. The Balaban J connectivity index is 2.66. The van der Waals surface area contributed by atoms with E-state index in [9.17, 15) is 29.6 Å². The molecule has 1 aromatic carbocycles. The van der Waals surface area contributed by atoms with Crippen molar-refractivity contribution in [1.82, 2.24) is 5.32 Å². The normalized spacial score (nSPS) is 19.5. The number of esters is 1. The zero-order valence-corrected chi connectivity index (χ0v) is 17.9. The van der Waals surface area contributed by atoms with E-state index in [2.05, 4.69) is 10.3 Å². The molecule has 0 aromatic heterocycles. The third kappa shape index (κ3) is 4.96. The molecule has 10 heteroatoms. The Morgan fingerprint density at radius 2 is 1.90 bits per heavy atom. The van der Waals surface area contributed by atoms with Gasteiger partial charge in [0.05, 0.1) is 12.0 Å². The number of allylic oxidation sites excluding steroid dienone is 1. The first-order chi connectivity index (χ1) is 14.5. The third-order valence-electron chi connectivity index (χ3n) is 5.19. The number of carboxylic acids is 1. The van der Waals surface area contributed by atoms with Crippen molar-refractivity contribution in [2.45, 2.75) is 39.7 Å². The number of nitrogens with zero attached hydrogens (tertiary/aromatic N) is 2. The van der Waals surface area contributed by atoms with E-state index in [0.29, 0.717) is 17.0 Å². The summed E-state index contributed by atoms with van der Waals surface area (Å²) in [6.07, 6.45) is 0. The molecule has 0 spiro atoms. The zero-order valence-electron chi connectivity index (χ0n) is 17.9. The van der Waals surface area contributed by atoms with Crippen LogP contribution in [-0.4, -0.2) is 46.7 Å². The predicted octanol–water partition coefficient (Wildman–Crippen LogP) is 2.44. The Labute approximate surface area is 179 Å². The van der Waals surface area contributed by atoms with Gasteiger partial charge in [0, 0.05) is 35.0 Å². The Hall–Kier alpha value is -3.56. The van der Waals surface area contributed by atoms with E-state index in [4.69, 9.17) is 4.74 Å². The third-order valence-corrected chi connectivity index (χ3v) is 5.19. The summed E-state index contributed by atoms with van der Waals surface area (Å²) < 4.78 is 4.91. The minimum absolute atomic E-state index is 0.0633. The Morgan fingerprint density at radius 1 is 1.26 bits per heavy atom. The molecule has 0 radical (unpaired) electrons. The molecule has 3 atom stereocenters. The fraction of sp³-hybridized carbons (Fsp3) is 0.429. The van der Waals surface area contributed by atoms with E-state index in [1.807, 2.05) is 0 Å². The lowest BCUT2D eigenvalue weighted by atomic mass is 9.75. The zero-order chi connectivity index (χ0) is 23.5. The number of aliphatic carboxylic acids is 1. The van der Waals surface area contributed by atoms with Gasteiger partial charge in [0.2, 0.25) is 5.91 Å². The Bertz CT molecular complexity index is 981. The molecule has 0 saturated carbocycles. The summed E-state index contributed by atoms with van der Waals surface area (Å²) in [7, 11) is 1.20. The maximum atomic E-state index is 13.2. The molecular formula is C21H25N3O7. The van der Waals surface area contributed by atoms with Crippen LogP contribution in [0.4, 0.5) is 5.69 Å². The van der Waals surface area contributed by atoms with Crippen LogP contribution >= 0.6 is 0 Å². The highest BCUT2D eigenvalue weighted by Crippen LogP contribution is 2.40. The van der Waals surface area contributed by atoms with E-state index in [1.165, 1.54) is 25.3 Å². The summed E-state index contributed by atoms with van der Waals surface area (Å²) in [5, 5.41) is 23.2. The molecule has 0 saturated heterocycles. The van der Waals surface area contributed by atoms with Gasteiger partial charge in [0.15, 0.2) is 0 Å². The second-order valence-corrected chi connectivity index (χ2v) is 7.62. The van der Waals surface area contributed by atoms with Crippen LogP contribution in [0.1, 0.15) is 39.2 Å². The molecule has 0 fully saturated rings. The molecule has 3 unspecified atom stereocenters. The number of amides is 1. The van der Waals surface area contributed by atoms with E-state index in [-0.39, 0.29) is 11.3 Å². The summed E-state index contributed by atoms with van der Waals surface area (Å²) in [4.78, 5) is 52.4. The van der Waals surface area contributed by atoms with Gasteiger partial charge < -0.3 is 15.2 Å². The lowest BCUT2D eigenvalue weighted by molar-refractivity contribution is -0.384. The minimum atomic E-state index is -1.20. The van der Waals surface area contributed by atoms with E-state index in [1.54, 1.807) is 33.8 Å². The van der Waals surface area contributed by atoms with Crippen LogP contribution in [-0.2, 0) is 19.1 Å². The number of carboxylic acid groups (broad SMARTS) is 1. The molecule has 2 N–H and O–H groups in total. The van der Waals surface area contributed by atoms with Crippen LogP contribution in [0.5, 0.6) is 0 Å². The highest BCUT2D eigenvalue weighted by molar-refractivity contribution is 6.08. The van der Waals surface area contributed by atoms with Gasteiger partial charge in [0.1, 0.15) is 12.0 Å². The number of rotatable bonds is 7. The van der Waals surface area contributed by atoms with Crippen LogP contribution < -0.4 is 5.32 Å². The molecular weight excluding hydrogens is 406 g/mol. The number of ether oxygens (including phenoxy) is 1. The smallest absolute Gasteiger partial charge is 0.326 e. The Morgan fingerprint density at radius 3 is 2.42 bits per heavy atom. The molecule has 10 nitrogen and oxygen atoms in total. The molecule has 166 valence electrons. The SMILES string of the molecule is COC(=O)C1C(C)=NC(C)=C(C(=O)NC(C(=O)O)C(C)C)C1c1cccc([N+](=O)[O-])c1.